The predicted molar refractivity (Wildman–Crippen MR) is 153 cm³/mol. The van der Waals surface area contributed by atoms with Crippen molar-refractivity contribution in [1.29, 1.82) is 0 Å². The Kier molecular flexibility index (Phi) is 7.94. The van der Waals surface area contributed by atoms with Crippen LogP contribution in [0.15, 0.2) is 18.2 Å². The first-order valence-corrected chi connectivity index (χ1v) is 15.4. The van der Waals surface area contributed by atoms with E-state index in [1.54, 1.807) is 18.2 Å². The maximum Gasteiger partial charge on any atom is 0.282 e. The van der Waals surface area contributed by atoms with Crippen LogP contribution >= 0.6 is 22.9 Å². The van der Waals surface area contributed by atoms with Crippen LogP contribution < -0.4 is 20.3 Å². The molecule has 1 aromatic carbocycles. The highest BCUT2D eigenvalue weighted by atomic mass is 35.5. The van der Waals surface area contributed by atoms with E-state index in [4.69, 9.17) is 22.9 Å². The van der Waals surface area contributed by atoms with Gasteiger partial charge in [0.2, 0.25) is 15.8 Å². The number of nitrogens with one attached hydrogen (secondary N) is 2. The normalized spacial score (nSPS) is 25.6. The number of ether oxygens (including phenoxy) is 1. The standard InChI is InChI=1S/C28H36ClN7O2S/c1-30-24-7-6-22(16-23(24)29)38-21-4-2-19(3-5-21)32-25(37)26-33-34-27(39-26)36-12-8-20(9-13-36)35-14-10-28(11-15-35)17-31-18-28/h6-7,16,19-21,31H,2-5,8-15,17-18H2,(H,32,37). The van der Waals surface area contributed by atoms with Gasteiger partial charge in [0.05, 0.1) is 17.7 Å². The van der Waals surface area contributed by atoms with Gasteiger partial charge in [-0.3, -0.25) is 4.79 Å². The first-order chi connectivity index (χ1) is 19.0. The zero-order chi connectivity index (χ0) is 26.8. The average Bonchev–Trinajstić information content (AvgIpc) is 3.44. The number of piperidine rings is 2. The van der Waals surface area contributed by atoms with E-state index < -0.39 is 0 Å². The molecule has 1 saturated carbocycles. The second kappa shape index (κ2) is 11.6. The number of hydrogen-bond acceptors (Lipinski definition) is 8. The Balaban J connectivity index is 0.933. The highest BCUT2D eigenvalue weighted by molar-refractivity contribution is 7.17. The van der Waals surface area contributed by atoms with Gasteiger partial charge in [0, 0.05) is 38.3 Å². The van der Waals surface area contributed by atoms with Gasteiger partial charge in [0.1, 0.15) is 5.75 Å². The smallest absolute Gasteiger partial charge is 0.282 e. The molecule has 1 aliphatic carbocycles. The van der Waals surface area contributed by atoms with Crippen LogP contribution in [-0.2, 0) is 0 Å². The molecule has 0 unspecified atom stereocenters. The zero-order valence-corrected chi connectivity index (χ0v) is 23.8. The lowest BCUT2D eigenvalue weighted by atomic mass is 9.73. The Morgan fingerprint density at radius 1 is 1.10 bits per heavy atom. The lowest BCUT2D eigenvalue weighted by molar-refractivity contribution is 0.0291. The Bertz CT molecular complexity index is 1200. The molecular weight excluding hydrogens is 534 g/mol. The maximum atomic E-state index is 12.9. The molecule has 1 spiro atoms. The van der Waals surface area contributed by atoms with E-state index in [1.807, 2.05) is 0 Å². The zero-order valence-electron chi connectivity index (χ0n) is 22.2. The third-order valence-corrected chi connectivity index (χ3v) is 10.4. The van der Waals surface area contributed by atoms with Crippen LogP contribution in [0.2, 0.25) is 5.02 Å². The van der Waals surface area contributed by atoms with Crippen molar-refractivity contribution < 1.29 is 9.53 Å². The Morgan fingerprint density at radius 3 is 2.49 bits per heavy atom. The molecule has 3 aliphatic heterocycles. The minimum atomic E-state index is -0.132. The van der Waals surface area contributed by atoms with Crippen LogP contribution in [0.4, 0.5) is 10.8 Å². The lowest BCUT2D eigenvalue weighted by Crippen LogP contribution is -2.59. The summed E-state index contributed by atoms with van der Waals surface area (Å²) in [6, 6.07) is 5.95. The summed E-state index contributed by atoms with van der Waals surface area (Å²) in [7, 11) is 0. The summed E-state index contributed by atoms with van der Waals surface area (Å²) in [6.07, 6.45) is 8.41. The Labute approximate surface area is 239 Å². The number of amides is 1. The van der Waals surface area contributed by atoms with Crippen molar-refractivity contribution in [3.63, 3.8) is 0 Å². The van der Waals surface area contributed by atoms with Crippen LogP contribution in [0.25, 0.3) is 4.85 Å². The van der Waals surface area contributed by atoms with Crippen molar-refractivity contribution >= 4 is 39.7 Å². The summed E-state index contributed by atoms with van der Waals surface area (Å²) >= 11 is 7.54. The molecule has 1 amide bonds. The van der Waals surface area contributed by atoms with Gasteiger partial charge in [-0.15, -0.1) is 10.2 Å². The Hall–Kier alpha value is -2.45. The van der Waals surface area contributed by atoms with E-state index in [9.17, 15) is 4.79 Å². The van der Waals surface area contributed by atoms with Gasteiger partial charge in [0.15, 0.2) is 0 Å². The number of anilines is 1. The summed E-state index contributed by atoms with van der Waals surface area (Å²) in [5, 5.41) is 16.9. The van der Waals surface area contributed by atoms with Crippen molar-refractivity contribution in [2.75, 3.05) is 44.2 Å². The molecule has 208 valence electrons. The second-order valence-corrected chi connectivity index (χ2v) is 12.9. The van der Waals surface area contributed by atoms with E-state index in [-0.39, 0.29) is 18.1 Å². The van der Waals surface area contributed by atoms with Gasteiger partial charge in [-0.2, -0.15) is 0 Å². The van der Waals surface area contributed by atoms with E-state index >= 15 is 0 Å². The fraction of sp³-hybridized carbons (Fsp3) is 0.643. The number of nitrogens with zero attached hydrogens (tertiary/aromatic N) is 5. The van der Waals surface area contributed by atoms with Crippen molar-refractivity contribution in [2.24, 2.45) is 5.41 Å². The molecule has 2 aromatic rings. The summed E-state index contributed by atoms with van der Waals surface area (Å²) in [5.41, 5.74) is 1.02. The molecule has 9 nitrogen and oxygen atoms in total. The quantitative estimate of drug-likeness (QED) is 0.495. The number of rotatable bonds is 6. The third kappa shape index (κ3) is 6.02. The molecular formula is C28H36ClN7O2S. The van der Waals surface area contributed by atoms with Crippen molar-refractivity contribution in [1.82, 2.24) is 25.7 Å². The number of carbonyl (C=O) groups excluding carboxylic acids is 1. The van der Waals surface area contributed by atoms with E-state index in [1.165, 1.54) is 50.4 Å². The van der Waals surface area contributed by atoms with Crippen LogP contribution in [0.5, 0.6) is 5.75 Å². The third-order valence-electron chi connectivity index (χ3n) is 9.07. The molecule has 4 fully saturated rings. The molecule has 4 heterocycles. The average molecular weight is 570 g/mol. The summed E-state index contributed by atoms with van der Waals surface area (Å²) in [4.78, 5) is 21.3. The molecule has 39 heavy (non-hydrogen) atoms. The number of hydrogen-bond donors (Lipinski definition) is 2. The maximum absolute atomic E-state index is 12.9. The number of likely N-dealkylation sites (tertiary alicyclic amines) is 1. The summed E-state index contributed by atoms with van der Waals surface area (Å²) in [5.74, 6) is 0.549. The molecule has 1 aromatic heterocycles. The fourth-order valence-electron chi connectivity index (χ4n) is 6.47. The molecule has 0 atom stereocenters. The van der Waals surface area contributed by atoms with Gasteiger partial charge in [-0.05, 0) is 82.0 Å². The second-order valence-electron chi connectivity index (χ2n) is 11.5. The largest absolute Gasteiger partial charge is 0.490 e. The van der Waals surface area contributed by atoms with Crippen molar-refractivity contribution in [3.05, 3.63) is 39.6 Å². The fourth-order valence-corrected chi connectivity index (χ4v) is 7.48. The highest BCUT2D eigenvalue weighted by Crippen LogP contribution is 2.37. The highest BCUT2D eigenvalue weighted by Gasteiger charge is 2.41. The van der Waals surface area contributed by atoms with Crippen molar-refractivity contribution in [3.8, 4) is 5.75 Å². The van der Waals surface area contributed by atoms with Crippen LogP contribution in [0.1, 0.15) is 61.2 Å². The summed E-state index contributed by atoms with van der Waals surface area (Å²) in [6.45, 7) is 13.9. The lowest BCUT2D eigenvalue weighted by Gasteiger charge is -2.50. The molecule has 0 radical (unpaired) electrons. The molecule has 11 heteroatoms. The van der Waals surface area contributed by atoms with Gasteiger partial charge >= 0.3 is 0 Å². The predicted octanol–water partition coefficient (Wildman–Crippen LogP) is 4.52. The number of aromatic nitrogens is 2. The topological polar surface area (TPSA) is 87.0 Å². The molecule has 6 rings (SSSR count). The number of halogens is 1. The first kappa shape index (κ1) is 26.8. The minimum Gasteiger partial charge on any atom is -0.490 e. The molecule has 0 bridgehead atoms. The van der Waals surface area contributed by atoms with E-state index in [0.717, 1.165) is 56.7 Å². The monoisotopic (exact) mass is 569 g/mol. The van der Waals surface area contributed by atoms with Crippen molar-refractivity contribution in [2.45, 2.75) is 69.6 Å². The number of carbonyl (C=O) groups is 1. The first-order valence-electron chi connectivity index (χ1n) is 14.2. The van der Waals surface area contributed by atoms with Crippen LogP contribution in [-0.4, -0.2) is 78.5 Å². The van der Waals surface area contributed by atoms with E-state index in [0.29, 0.717) is 32.9 Å². The molecule has 3 saturated heterocycles. The molecule has 2 N–H and O–H groups in total. The SMILES string of the molecule is [C-]#[N+]c1ccc(OC2CCC(NC(=O)c3nnc(N4CCC(N5CCC6(CC5)CNC6)CC4)s3)CC2)cc1Cl. The summed E-state index contributed by atoms with van der Waals surface area (Å²) < 4.78 is 6.08. The van der Waals surface area contributed by atoms with E-state index in [2.05, 4.69) is 35.5 Å². The van der Waals surface area contributed by atoms with Gasteiger partial charge in [0.25, 0.3) is 5.91 Å². The van der Waals surface area contributed by atoms with Crippen LogP contribution in [0.3, 0.4) is 0 Å². The van der Waals surface area contributed by atoms with Gasteiger partial charge < -0.3 is 25.2 Å². The minimum absolute atomic E-state index is 0.0744. The van der Waals surface area contributed by atoms with Gasteiger partial charge in [-0.25, -0.2) is 4.85 Å². The molecule has 4 aliphatic rings. The van der Waals surface area contributed by atoms with Crippen LogP contribution in [0, 0.1) is 12.0 Å². The number of benzene rings is 1. The van der Waals surface area contributed by atoms with Gasteiger partial charge in [-0.1, -0.05) is 29.0 Å². The Morgan fingerprint density at radius 2 is 1.85 bits per heavy atom.